The van der Waals surface area contributed by atoms with Crippen LogP contribution >= 0.6 is 0 Å². The highest BCUT2D eigenvalue weighted by Crippen LogP contribution is 2.36. The first-order chi connectivity index (χ1) is 10.3. The van der Waals surface area contributed by atoms with Gasteiger partial charge in [0.2, 0.25) is 0 Å². The monoisotopic (exact) mass is 283 g/mol. The summed E-state index contributed by atoms with van der Waals surface area (Å²) in [4.78, 5) is 0. The second-order valence-corrected chi connectivity index (χ2v) is 6.27. The molecule has 1 fully saturated rings. The molecule has 112 valence electrons. The number of aliphatic hydroxyl groups excluding tert-OH is 1. The van der Waals surface area contributed by atoms with Gasteiger partial charge in [-0.2, -0.15) is 0 Å². The van der Waals surface area contributed by atoms with E-state index in [-0.39, 0.29) is 6.04 Å². The molecule has 0 amide bonds. The molecule has 0 saturated heterocycles. The van der Waals surface area contributed by atoms with Crippen LogP contribution in [0.2, 0.25) is 0 Å². The van der Waals surface area contributed by atoms with Crippen LogP contribution in [0.25, 0.3) is 0 Å². The Hall–Kier alpha value is -1.54. The smallest absolute Gasteiger partial charge is 0.0994 e. The zero-order valence-electron chi connectivity index (χ0n) is 12.8. The Morgan fingerprint density at radius 1 is 1.00 bits per heavy atom. The van der Waals surface area contributed by atoms with Crippen LogP contribution in [0, 0.1) is 0 Å². The molecule has 0 bridgehead atoms. The fourth-order valence-corrected chi connectivity index (χ4v) is 3.60. The molecule has 0 spiro atoms. The molecule has 2 aromatic rings. The third-order valence-electron chi connectivity index (χ3n) is 4.87. The summed E-state index contributed by atoms with van der Waals surface area (Å²) in [5.41, 5.74) is 2.39. The van der Waals surface area contributed by atoms with E-state index in [0.29, 0.717) is 5.92 Å². The molecule has 3 rings (SSSR count). The molecular formula is C19H25NO. The Balaban J connectivity index is 1.81. The Morgan fingerprint density at radius 3 is 2.43 bits per heavy atom. The summed E-state index contributed by atoms with van der Waals surface area (Å²) in [6.07, 6.45) is 8.30. The third-order valence-corrected chi connectivity index (χ3v) is 4.87. The van der Waals surface area contributed by atoms with Gasteiger partial charge in [0.05, 0.1) is 12.1 Å². The van der Waals surface area contributed by atoms with Crippen molar-refractivity contribution in [1.29, 1.82) is 0 Å². The number of aromatic nitrogens is 1. The first-order valence-electron chi connectivity index (χ1n) is 8.17. The van der Waals surface area contributed by atoms with Gasteiger partial charge in [-0.3, -0.25) is 0 Å². The zero-order valence-corrected chi connectivity index (χ0v) is 12.8. The lowest BCUT2D eigenvalue weighted by Crippen LogP contribution is -2.18. The van der Waals surface area contributed by atoms with Crippen LogP contribution in [-0.4, -0.2) is 9.67 Å². The number of benzene rings is 1. The van der Waals surface area contributed by atoms with E-state index in [1.54, 1.807) is 0 Å². The summed E-state index contributed by atoms with van der Waals surface area (Å²) >= 11 is 0. The minimum absolute atomic E-state index is 0.0688. The van der Waals surface area contributed by atoms with Crippen LogP contribution in [0.15, 0.2) is 48.7 Å². The topological polar surface area (TPSA) is 25.2 Å². The van der Waals surface area contributed by atoms with Crippen molar-refractivity contribution >= 4 is 0 Å². The Kier molecular flexibility index (Phi) is 4.45. The molecule has 0 radical (unpaired) electrons. The van der Waals surface area contributed by atoms with Gasteiger partial charge < -0.3 is 9.67 Å². The van der Waals surface area contributed by atoms with Gasteiger partial charge in [-0.1, -0.05) is 49.6 Å². The van der Waals surface area contributed by atoms with Gasteiger partial charge in [0, 0.05) is 11.9 Å². The summed E-state index contributed by atoms with van der Waals surface area (Å²) in [5.74, 6) is 0.666. The quantitative estimate of drug-likeness (QED) is 0.854. The SMILES string of the molecule is C[C@H]([C@@H](O)c1ccccc1)n1cccc1C1CCCCC1. The van der Waals surface area contributed by atoms with Gasteiger partial charge in [0.25, 0.3) is 0 Å². The first-order valence-corrected chi connectivity index (χ1v) is 8.17. The predicted octanol–water partition coefficient (Wildman–Crippen LogP) is 4.83. The predicted molar refractivity (Wildman–Crippen MR) is 86.4 cm³/mol. The standard InChI is InChI=1S/C19H25NO/c1-15(19(21)17-11-6-3-7-12-17)20-14-8-13-18(20)16-9-4-2-5-10-16/h3,6-8,11-16,19,21H,2,4-5,9-10H2,1H3/t15-,19-/m1/s1. The van der Waals surface area contributed by atoms with Crippen LogP contribution in [0.4, 0.5) is 0 Å². The van der Waals surface area contributed by atoms with Gasteiger partial charge in [-0.15, -0.1) is 0 Å². The second kappa shape index (κ2) is 6.48. The highest BCUT2D eigenvalue weighted by atomic mass is 16.3. The van der Waals surface area contributed by atoms with Crippen LogP contribution in [0.1, 0.15) is 68.3 Å². The maximum absolute atomic E-state index is 10.7. The molecule has 2 heteroatoms. The summed E-state index contributed by atoms with van der Waals surface area (Å²) < 4.78 is 2.29. The van der Waals surface area contributed by atoms with Crippen molar-refractivity contribution in [2.24, 2.45) is 0 Å². The fraction of sp³-hybridized carbons (Fsp3) is 0.474. The van der Waals surface area contributed by atoms with Gasteiger partial charge in [-0.05, 0) is 43.4 Å². The molecule has 1 N–H and O–H groups in total. The van der Waals surface area contributed by atoms with Crippen molar-refractivity contribution in [2.45, 2.75) is 57.1 Å². The molecule has 21 heavy (non-hydrogen) atoms. The van der Waals surface area contributed by atoms with E-state index in [0.717, 1.165) is 5.56 Å². The number of hydrogen-bond donors (Lipinski definition) is 1. The summed E-state index contributed by atoms with van der Waals surface area (Å²) in [7, 11) is 0. The van der Waals surface area contributed by atoms with Gasteiger partial charge >= 0.3 is 0 Å². The molecular weight excluding hydrogens is 258 g/mol. The minimum Gasteiger partial charge on any atom is -0.386 e. The van der Waals surface area contributed by atoms with E-state index in [2.05, 4.69) is 29.8 Å². The van der Waals surface area contributed by atoms with Crippen LogP contribution in [0.5, 0.6) is 0 Å². The van der Waals surface area contributed by atoms with E-state index in [1.807, 2.05) is 30.3 Å². The normalized spacial score (nSPS) is 19.3. The number of rotatable bonds is 4. The van der Waals surface area contributed by atoms with E-state index in [4.69, 9.17) is 0 Å². The second-order valence-electron chi connectivity index (χ2n) is 6.27. The van der Waals surface area contributed by atoms with Crippen molar-refractivity contribution in [2.75, 3.05) is 0 Å². The Labute approximate surface area is 127 Å². The zero-order chi connectivity index (χ0) is 14.7. The van der Waals surface area contributed by atoms with Crippen molar-refractivity contribution in [3.63, 3.8) is 0 Å². The lowest BCUT2D eigenvalue weighted by atomic mass is 9.86. The van der Waals surface area contributed by atoms with Crippen LogP contribution < -0.4 is 0 Å². The maximum Gasteiger partial charge on any atom is 0.0994 e. The van der Waals surface area contributed by atoms with E-state index in [1.165, 1.54) is 37.8 Å². The number of hydrogen-bond acceptors (Lipinski definition) is 1. The first kappa shape index (κ1) is 14.4. The van der Waals surface area contributed by atoms with E-state index >= 15 is 0 Å². The van der Waals surface area contributed by atoms with Gasteiger partial charge in [0.15, 0.2) is 0 Å². The molecule has 1 heterocycles. The molecule has 1 aromatic heterocycles. The third kappa shape index (κ3) is 3.06. The molecule has 1 aliphatic carbocycles. The van der Waals surface area contributed by atoms with Gasteiger partial charge in [0.1, 0.15) is 0 Å². The van der Waals surface area contributed by atoms with Crippen molar-refractivity contribution in [1.82, 2.24) is 4.57 Å². The van der Waals surface area contributed by atoms with Gasteiger partial charge in [-0.25, -0.2) is 0 Å². The van der Waals surface area contributed by atoms with E-state index in [9.17, 15) is 5.11 Å². The highest BCUT2D eigenvalue weighted by molar-refractivity contribution is 5.21. The highest BCUT2D eigenvalue weighted by Gasteiger charge is 2.24. The lowest BCUT2D eigenvalue weighted by molar-refractivity contribution is 0.119. The number of aliphatic hydroxyl groups is 1. The molecule has 1 aromatic carbocycles. The molecule has 1 saturated carbocycles. The summed E-state index contributed by atoms with van der Waals surface area (Å²) in [6, 6.07) is 14.4. The largest absolute Gasteiger partial charge is 0.386 e. The molecule has 1 aliphatic rings. The fourth-order valence-electron chi connectivity index (χ4n) is 3.60. The lowest BCUT2D eigenvalue weighted by Gasteiger charge is -2.28. The van der Waals surface area contributed by atoms with Crippen molar-refractivity contribution in [3.05, 3.63) is 59.9 Å². The average molecular weight is 283 g/mol. The van der Waals surface area contributed by atoms with Crippen LogP contribution in [-0.2, 0) is 0 Å². The minimum atomic E-state index is -0.457. The molecule has 0 unspecified atom stereocenters. The molecule has 2 nitrogen and oxygen atoms in total. The van der Waals surface area contributed by atoms with E-state index < -0.39 is 6.10 Å². The molecule has 0 aliphatic heterocycles. The Bertz CT molecular complexity index is 554. The Morgan fingerprint density at radius 2 is 1.71 bits per heavy atom. The maximum atomic E-state index is 10.7. The van der Waals surface area contributed by atoms with Crippen molar-refractivity contribution in [3.8, 4) is 0 Å². The van der Waals surface area contributed by atoms with Crippen molar-refractivity contribution < 1.29 is 5.11 Å². The molecule has 2 atom stereocenters. The number of nitrogens with zero attached hydrogens (tertiary/aromatic N) is 1. The van der Waals surface area contributed by atoms with Crippen LogP contribution in [0.3, 0.4) is 0 Å². The average Bonchev–Trinajstić information content (AvgIpc) is 3.04. The summed E-state index contributed by atoms with van der Waals surface area (Å²) in [5, 5.41) is 10.7. The summed E-state index contributed by atoms with van der Waals surface area (Å²) in [6.45, 7) is 2.12.